The Morgan fingerprint density at radius 2 is 1.67 bits per heavy atom. The number of carbonyl (C=O) groups is 2. The number of piperidine rings is 1. The van der Waals surface area contributed by atoms with Gasteiger partial charge in [0.05, 0.1) is 18.8 Å². The topological polar surface area (TPSA) is 92.8 Å². The third-order valence-corrected chi connectivity index (χ3v) is 8.66. The number of nitrogens with zero attached hydrogens (tertiary/aromatic N) is 1. The summed E-state index contributed by atoms with van der Waals surface area (Å²) in [5.74, 6) is 0.738. The van der Waals surface area contributed by atoms with Gasteiger partial charge in [-0.15, -0.1) is 0 Å². The SMILES string of the molecule is COC(=O)C12CC3CC(CC(NC(=O)C4CCN(S(C)(=O)=O)CC4)(C3)C1)C2. The highest BCUT2D eigenvalue weighted by Gasteiger charge is 2.61. The fourth-order valence-corrected chi connectivity index (χ4v) is 7.55. The molecule has 4 saturated carbocycles. The van der Waals surface area contributed by atoms with Gasteiger partial charge in [-0.25, -0.2) is 12.7 Å². The minimum atomic E-state index is -3.19. The Bertz CT molecular complexity index is 727. The number of nitrogens with one attached hydrogen (secondary N) is 1. The van der Waals surface area contributed by atoms with Crippen molar-refractivity contribution in [2.24, 2.45) is 23.2 Å². The first kappa shape index (κ1) is 19.2. The van der Waals surface area contributed by atoms with Gasteiger partial charge in [0.1, 0.15) is 0 Å². The second-order valence-corrected chi connectivity index (χ2v) is 11.4. The van der Waals surface area contributed by atoms with Crippen LogP contribution in [0.25, 0.3) is 0 Å². The van der Waals surface area contributed by atoms with E-state index in [0.717, 1.165) is 32.1 Å². The number of hydrogen-bond acceptors (Lipinski definition) is 5. The fourth-order valence-electron chi connectivity index (χ4n) is 6.68. The Labute approximate surface area is 161 Å². The first-order valence-electron chi connectivity index (χ1n) is 10.0. The minimum absolute atomic E-state index is 0.0325. The van der Waals surface area contributed by atoms with Crippen molar-refractivity contribution in [2.75, 3.05) is 26.5 Å². The predicted molar refractivity (Wildman–Crippen MR) is 99.1 cm³/mol. The molecule has 0 aromatic heterocycles. The molecule has 5 aliphatic rings. The second kappa shape index (κ2) is 6.44. The Hall–Kier alpha value is -1.15. The minimum Gasteiger partial charge on any atom is -0.469 e. The lowest BCUT2D eigenvalue weighted by molar-refractivity contribution is -0.173. The third-order valence-electron chi connectivity index (χ3n) is 7.36. The van der Waals surface area contributed by atoms with E-state index in [0.29, 0.717) is 44.2 Å². The van der Waals surface area contributed by atoms with E-state index in [1.165, 1.54) is 17.7 Å². The summed E-state index contributed by atoms with van der Waals surface area (Å²) in [5, 5.41) is 3.34. The first-order chi connectivity index (χ1) is 12.6. The van der Waals surface area contributed by atoms with Gasteiger partial charge in [-0.3, -0.25) is 9.59 Å². The van der Waals surface area contributed by atoms with Crippen molar-refractivity contribution in [3.05, 3.63) is 0 Å². The van der Waals surface area contributed by atoms with Crippen LogP contribution in [0, 0.1) is 23.2 Å². The molecule has 4 bridgehead atoms. The number of hydrogen-bond donors (Lipinski definition) is 1. The highest BCUT2D eigenvalue weighted by Crippen LogP contribution is 2.62. The maximum atomic E-state index is 13.0. The van der Waals surface area contributed by atoms with E-state index in [2.05, 4.69) is 5.32 Å². The lowest BCUT2D eigenvalue weighted by Gasteiger charge is -2.61. The molecule has 152 valence electrons. The van der Waals surface area contributed by atoms with Gasteiger partial charge >= 0.3 is 5.97 Å². The Morgan fingerprint density at radius 3 is 2.19 bits per heavy atom. The molecular weight excluding hydrogens is 368 g/mol. The van der Waals surface area contributed by atoms with E-state index in [1.54, 1.807) is 0 Å². The summed E-state index contributed by atoms with van der Waals surface area (Å²) >= 11 is 0. The van der Waals surface area contributed by atoms with Crippen molar-refractivity contribution in [2.45, 2.75) is 56.9 Å². The Morgan fingerprint density at radius 1 is 1.07 bits per heavy atom. The molecule has 1 saturated heterocycles. The standard InChI is InChI=1S/C19H30N2O5S/c1-26-17(23)18-8-13-7-14(9-18)11-19(10-13,12-18)20-16(22)15-3-5-21(6-4-15)27(2,24)25/h13-15H,3-12H2,1-2H3,(H,20,22). The maximum Gasteiger partial charge on any atom is 0.311 e. The number of amides is 1. The van der Waals surface area contributed by atoms with Crippen molar-refractivity contribution in [1.82, 2.24) is 9.62 Å². The molecule has 8 heteroatoms. The lowest BCUT2D eigenvalue weighted by atomic mass is 9.47. The van der Waals surface area contributed by atoms with Crippen LogP contribution >= 0.6 is 0 Å². The van der Waals surface area contributed by atoms with Gasteiger partial charge in [0, 0.05) is 24.5 Å². The zero-order chi connectivity index (χ0) is 19.4. The van der Waals surface area contributed by atoms with Gasteiger partial charge in [0.15, 0.2) is 0 Å². The van der Waals surface area contributed by atoms with E-state index >= 15 is 0 Å². The van der Waals surface area contributed by atoms with Crippen LogP contribution in [0.15, 0.2) is 0 Å². The van der Waals surface area contributed by atoms with Crippen LogP contribution in [-0.2, 0) is 24.3 Å². The van der Waals surface area contributed by atoms with E-state index < -0.39 is 15.4 Å². The Kier molecular flexibility index (Phi) is 4.57. The normalized spacial score (nSPS) is 39.3. The summed E-state index contributed by atoms with van der Waals surface area (Å²) < 4.78 is 29.9. The molecule has 5 fully saturated rings. The van der Waals surface area contributed by atoms with Gasteiger partial charge in [0.25, 0.3) is 0 Å². The molecule has 1 aliphatic heterocycles. The number of ether oxygens (including phenoxy) is 1. The molecule has 2 atom stereocenters. The predicted octanol–water partition coefficient (Wildman–Crippen LogP) is 1.29. The van der Waals surface area contributed by atoms with Crippen molar-refractivity contribution >= 4 is 21.9 Å². The van der Waals surface area contributed by atoms with Crippen LogP contribution in [0.5, 0.6) is 0 Å². The summed E-state index contributed by atoms with van der Waals surface area (Å²) in [6.07, 6.45) is 7.87. The van der Waals surface area contributed by atoms with Gasteiger partial charge < -0.3 is 10.1 Å². The molecule has 4 aliphatic carbocycles. The largest absolute Gasteiger partial charge is 0.469 e. The number of methoxy groups -OCH3 is 1. The molecular formula is C19H30N2O5S. The molecule has 1 heterocycles. The molecule has 1 N–H and O–H groups in total. The lowest BCUT2D eigenvalue weighted by Crippen LogP contribution is -2.65. The van der Waals surface area contributed by atoms with Crippen LogP contribution in [0.1, 0.15) is 51.4 Å². The summed E-state index contributed by atoms with van der Waals surface area (Å²) in [5.41, 5.74) is -0.713. The average Bonchev–Trinajstić information content (AvgIpc) is 2.58. The number of esters is 1. The summed E-state index contributed by atoms with van der Waals surface area (Å²) in [6, 6.07) is 0. The maximum absolute atomic E-state index is 13.0. The number of rotatable bonds is 4. The molecule has 0 radical (unpaired) electrons. The van der Waals surface area contributed by atoms with Crippen LogP contribution in [0.2, 0.25) is 0 Å². The first-order valence-corrected chi connectivity index (χ1v) is 11.9. The van der Waals surface area contributed by atoms with Crippen molar-refractivity contribution < 1.29 is 22.7 Å². The van der Waals surface area contributed by atoms with Gasteiger partial charge in [-0.1, -0.05) is 0 Å². The fraction of sp³-hybridized carbons (Fsp3) is 0.895. The molecule has 2 unspecified atom stereocenters. The summed E-state index contributed by atoms with van der Waals surface area (Å²) in [4.78, 5) is 25.5. The van der Waals surface area contributed by atoms with Crippen LogP contribution in [0.3, 0.4) is 0 Å². The van der Waals surface area contributed by atoms with Crippen molar-refractivity contribution in [1.29, 1.82) is 0 Å². The molecule has 0 spiro atoms. The van der Waals surface area contributed by atoms with Gasteiger partial charge in [-0.2, -0.15) is 0 Å². The van der Waals surface area contributed by atoms with Gasteiger partial charge in [-0.05, 0) is 63.2 Å². The van der Waals surface area contributed by atoms with E-state index in [4.69, 9.17) is 4.74 Å². The van der Waals surface area contributed by atoms with E-state index in [1.807, 2.05) is 0 Å². The third kappa shape index (κ3) is 3.39. The molecule has 1 amide bonds. The van der Waals surface area contributed by atoms with Gasteiger partial charge in [0.2, 0.25) is 15.9 Å². The number of carbonyl (C=O) groups excluding carboxylic acids is 2. The Balaban J connectivity index is 1.45. The average molecular weight is 399 g/mol. The molecule has 5 rings (SSSR count). The monoisotopic (exact) mass is 398 g/mol. The molecule has 7 nitrogen and oxygen atoms in total. The second-order valence-electron chi connectivity index (χ2n) is 9.44. The van der Waals surface area contributed by atoms with Crippen molar-refractivity contribution in [3.63, 3.8) is 0 Å². The quantitative estimate of drug-likeness (QED) is 0.720. The van der Waals surface area contributed by atoms with Crippen molar-refractivity contribution in [3.8, 4) is 0 Å². The smallest absolute Gasteiger partial charge is 0.311 e. The summed E-state index contributed by atoms with van der Waals surface area (Å²) in [6.45, 7) is 0.808. The van der Waals surface area contributed by atoms with E-state index in [9.17, 15) is 18.0 Å². The van der Waals surface area contributed by atoms with Crippen LogP contribution in [0.4, 0.5) is 0 Å². The van der Waals surface area contributed by atoms with E-state index in [-0.39, 0.29) is 23.3 Å². The highest BCUT2D eigenvalue weighted by molar-refractivity contribution is 7.88. The van der Waals surface area contributed by atoms with Crippen LogP contribution < -0.4 is 5.32 Å². The number of sulfonamides is 1. The highest BCUT2D eigenvalue weighted by atomic mass is 32.2. The molecule has 0 aromatic rings. The summed E-state index contributed by atoms with van der Waals surface area (Å²) in [7, 11) is -1.73. The molecule has 27 heavy (non-hydrogen) atoms. The van der Waals surface area contributed by atoms with Crippen LogP contribution in [-0.4, -0.2) is 56.6 Å². The zero-order valence-electron chi connectivity index (χ0n) is 16.2. The zero-order valence-corrected chi connectivity index (χ0v) is 17.0. The molecule has 0 aromatic carbocycles.